The zero-order valence-electron chi connectivity index (χ0n) is 11.0. The molecule has 0 radical (unpaired) electrons. The third-order valence-corrected chi connectivity index (χ3v) is 3.20. The van der Waals surface area contributed by atoms with E-state index in [1.807, 2.05) is 0 Å². The quantitative estimate of drug-likeness (QED) is 0.685. The Labute approximate surface area is 122 Å². The van der Waals surface area contributed by atoms with Crippen molar-refractivity contribution in [2.75, 3.05) is 11.1 Å². The maximum absolute atomic E-state index is 11.7. The van der Waals surface area contributed by atoms with Crippen LogP contribution >= 0.6 is 11.8 Å². The van der Waals surface area contributed by atoms with E-state index < -0.39 is 5.97 Å². The normalized spacial score (nSPS) is 10.5. The molecule has 10 nitrogen and oxygen atoms in total. The number of carbonyl (C=O) groups excluding carboxylic acids is 1. The number of rotatable bonds is 7. The fourth-order valence-corrected chi connectivity index (χ4v) is 2.21. The Bertz CT molecular complexity index is 639. The first-order valence-electron chi connectivity index (χ1n) is 5.88. The summed E-state index contributed by atoms with van der Waals surface area (Å²) in [5.41, 5.74) is 0. The number of carboxylic acid groups (broad SMARTS) is 1. The van der Waals surface area contributed by atoms with Crippen molar-refractivity contribution in [3.63, 3.8) is 0 Å². The fraction of sp³-hybridized carbons (Fsp3) is 0.400. The van der Waals surface area contributed by atoms with Crippen LogP contribution in [-0.2, 0) is 16.1 Å². The Morgan fingerprint density at radius 1 is 1.52 bits per heavy atom. The monoisotopic (exact) mass is 312 g/mol. The van der Waals surface area contributed by atoms with Gasteiger partial charge in [-0.1, -0.05) is 16.9 Å². The van der Waals surface area contributed by atoms with Gasteiger partial charge in [0.2, 0.25) is 11.1 Å². The lowest BCUT2D eigenvalue weighted by molar-refractivity contribution is -0.138. The van der Waals surface area contributed by atoms with E-state index in [1.54, 1.807) is 13.0 Å². The van der Waals surface area contributed by atoms with E-state index in [-0.39, 0.29) is 18.9 Å². The van der Waals surface area contributed by atoms with Gasteiger partial charge in [-0.2, -0.15) is 0 Å². The second-order valence-electron chi connectivity index (χ2n) is 3.98. The first kappa shape index (κ1) is 15.0. The maximum atomic E-state index is 11.7. The molecule has 0 saturated heterocycles. The minimum absolute atomic E-state index is 0.205. The number of hydrogen-bond donors (Lipinski definition) is 2. The highest BCUT2D eigenvalue weighted by Gasteiger charge is 2.11. The zero-order valence-corrected chi connectivity index (χ0v) is 11.8. The van der Waals surface area contributed by atoms with E-state index in [1.165, 1.54) is 11.8 Å². The Morgan fingerprint density at radius 3 is 3.00 bits per heavy atom. The van der Waals surface area contributed by atoms with Crippen LogP contribution in [0.1, 0.15) is 12.2 Å². The minimum atomic E-state index is -1.04. The van der Waals surface area contributed by atoms with E-state index in [0.717, 1.165) is 4.68 Å². The molecular weight excluding hydrogens is 300 g/mol. The first-order chi connectivity index (χ1) is 10.0. The summed E-state index contributed by atoms with van der Waals surface area (Å²) in [4.78, 5) is 22.3. The number of nitrogens with one attached hydrogen (secondary N) is 1. The Morgan fingerprint density at radius 2 is 2.33 bits per heavy atom. The van der Waals surface area contributed by atoms with Crippen LogP contribution in [0.15, 0.2) is 15.7 Å². The number of aryl methyl sites for hydroxylation is 1. The van der Waals surface area contributed by atoms with Crippen LogP contribution in [0.25, 0.3) is 0 Å². The van der Waals surface area contributed by atoms with Crippen LogP contribution in [0.3, 0.4) is 0 Å². The lowest BCUT2D eigenvalue weighted by atomic mass is 10.4. The predicted octanol–water partition coefficient (Wildman–Crippen LogP) is 0.175. The second kappa shape index (κ2) is 6.83. The molecule has 0 spiro atoms. The molecule has 112 valence electrons. The number of nitrogens with zero attached hydrogens (tertiary/aromatic N) is 5. The molecule has 0 aliphatic heterocycles. The number of anilines is 1. The molecule has 0 aromatic carbocycles. The summed E-state index contributed by atoms with van der Waals surface area (Å²) in [5.74, 6) is 0.102. The molecule has 0 bridgehead atoms. The van der Waals surface area contributed by atoms with Crippen molar-refractivity contribution in [2.45, 2.75) is 25.0 Å². The molecule has 0 saturated carbocycles. The molecule has 0 atom stereocenters. The number of carboxylic acids is 1. The molecular formula is C10H12N6O4S. The molecule has 0 aliphatic carbocycles. The minimum Gasteiger partial charge on any atom is -0.480 e. The third kappa shape index (κ3) is 4.56. The number of carbonyl (C=O) groups is 2. The zero-order chi connectivity index (χ0) is 15.2. The van der Waals surface area contributed by atoms with Crippen LogP contribution < -0.4 is 5.32 Å². The van der Waals surface area contributed by atoms with E-state index >= 15 is 0 Å². The highest BCUT2D eigenvalue weighted by molar-refractivity contribution is 7.99. The van der Waals surface area contributed by atoms with Gasteiger partial charge in [-0.05, 0) is 17.4 Å². The average molecular weight is 312 g/mol. The Hall–Kier alpha value is -2.43. The molecule has 0 unspecified atom stereocenters. The number of aromatic nitrogens is 5. The van der Waals surface area contributed by atoms with E-state index in [0.29, 0.717) is 22.5 Å². The summed E-state index contributed by atoms with van der Waals surface area (Å²) < 4.78 is 5.98. The van der Waals surface area contributed by atoms with E-state index in [4.69, 9.17) is 9.63 Å². The topological polar surface area (TPSA) is 136 Å². The fourth-order valence-electron chi connectivity index (χ4n) is 1.39. The van der Waals surface area contributed by atoms with Gasteiger partial charge in [0.25, 0.3) is 0 Å². The van der Waals surface area contributed by atoms with E-state index in [9.17, 15) is 9.59 Å². The summed E-state index contributed by atoms with van der Waals surface area (Å²) in [7, 11) is 0. The Kier molecular flexibility index (Phi) is 4.87. The van der Waals surface area contributed by atoms with Crippen molar-refractivity contribution in [1.29, 1.82) is 0 Å². The number of hydrogen-bond acceptors (Lipinski definition) is 8. The number of tetrazole rings is 1. The first-order valence-corrected chi connectivity index (χ1v) is 6.87. The smallest absolute Gasteiger partial charge is 0.325 e. The van der Waals surface area contributed by atoms with Gasteiger partial charge in [-0.25, -0.2) is 4.68 Å². The highest BCUT2D eigenvalue weighted by Crippen LogP contribution is 2.15. The van der Waals surface area contributed by atoms with Crippen molar-refractivity contribution >= 4 is 29.5 Å². The number of amides is 1. The van der Waals surface area contributed by atoms with Crippen LogP contribution in [-0.4, -0.2) is 48.1 Å². The maximum Gasteiger partial charge on any atom is 0.325 e. The SMILES string of the molecule is Cc1cc(NC(=O)CCSc2nnnn2CC(=O)O)no1. The molecule has 11 heteroatoms. The van der Waals surface area contributed by atoms with E-state index in [2.05, 4.69) is 26.0 Å². The molecule has 2 aromatic heterocycles. The van der Waals surface area contributed by atoms with Gasteiger partial charge in [-0.15, -0.1) is 5.10 Å². The molecule has 2 heterocycles. The lowest BCUT2D eigenvalue weighted by Gasteiger charge is -2.02. The average Bonchev–Trinajstić information content (AvgIpc) is 2.99. The summed E-state index contributed by atoms with van der Waals surface area (Å²) in [6, 6.07) is 1.61. The van der Waals surface area contributed by atoms with Crippen LogP contribution in [0.5, 0.6) is 0 Å². The molecule has 0 fully saturated rings. The predicted molar refractivity (Wildman–Crippen MR) is 70.7 cm³/mol. The van der Waals surface area contributed by atoms with Gasteiger partial charge in [-0.3, -0.25) is 9.59 Å². The number of aliphatic carboxylic acids is 1. The van der Waals surface area contributed by atoms with Crippen LogP contribution in [0.2, 0.25) is 0 Å². The van der Waals surface area contributed by atoms with Crippen molar-refractivity contribution in [2.24, 2.45) is 0 Å². The lowest BCUT2D eigenvalue weighted by Crippen LogP contribution is -2.13. The van der Waals surface area contributed by atoms with Crippen LogP contribution in [0, 0.1) is 6.92 Å². The second-order valence-corrected chi connectivity index (χ2v) is 5.04. The molecule has 2 aromatic rings. The van der Waals surface area contributed by atoms with Gasteiger partial charge < -0.3 is 14.9 Å². The van der Waals surface area contributed by atoms with Gasteiger partial charge >= 0.3 is 5.97 Å². The highest BCUT2D eigenvalue weighted by atomic mass is 32.2. The van der Waals surface area contributed by atoms with Gasteiger partial charge in [0.15, 0.2) is 5.82 Å². The molecule has 2 N–H and O–H groups in total. The molecule has 0 aliphatic rings. The largest absolute Gasteiger partial charge is 0.480 e. The number of thioether (sulfide) groups is 1. The van der Waals surface area contributed by atoms with Gasteiger partial charge in [0.05, 0.1) is 0 Å². The van der Waals surface area contributed by atoms with Crippen molar-refractivity contribution < 1.29 is 19.2 Å². The standard InChI is InChI=1S/C10H12N6O4S/c1-6-4-7(13-20-6)11-8(17)2-3-21-10-12-14-15-16(10)5-9(18)19/h4H,2-3,5H2,1H3,(H,18,19)(H,11,13,17). The van der Waals surface area contributed by atoms with Crippen molar-refractivity contribution in [3.05, 3.63) is 11.8 Å². The summed E-state index contributed by atoms with van der Waals surface area (Å²) in [6.45, 7) is 1.40. The molecule has 1 amide bonds. The molecule has 21 heavy (non-hydrogen) atoms. The summed E-state index contributed by atoms with van der Waals surface area (Å²) in [5, 5.41) is 25.9. The summed E-state index contributed by atoms with van der Waals surface area (Å²) in [6.07, 6.45) is 0.205. The van der Waals surface area contributed by atoms with Crippen LogP contribution in [0.4, 0.5) is 5.82 Å². The van der Waals surface area contributed by atoms with Gasteiger partial charge in [0.1, 0.15) is 12.3 Å². The van der Waals surface area contributed by atoms with Crippen molar-refractivity contribution in [1.82, 2.24) is 25.4 Å². The Balaban J connectivity index is 1.77. The third-order valence-electron chi connectivity index (χ3n) is 2.24. The van der Waals surface area contributed by atoms with Crippen molar-refractivity contribution in [3.8, 4) is 0 Å². The molecule has 2 rings (SSSR count). The summed E-state index contributed by atoms with van der Waals surface area (Å²) >= 11 is 1.20. The van der Waals surface area contributed by atoms with Gasteiger partial charge in [0, 0.05) is 18.2 Å².